The van der Waals surface area contributed by atoms with Crippen molar-refractivity contribution in [1.82, 2.24) is 4.98 Å². The Bertz CT molecular complexity index is 2660. The van der Waals surface area contributed by atoms with E-state index in [1.807, 2.05) is 182 Å². The molecule has 2 fully saturated rings. The number of carbonyl (C=O) groups is 1. The topological polar surface area (TPSA) is 131 Å². The monoisotopic (exact) mass is 1000 g/mol. The first-order chi connectivity index (χ1) is 36.6. The summed E-state index contributed by atoms with van der Waals surface area (Å²) in [7, 11) is 1.58. The van der Waals surface area contributed by atoms with E-state index in [1.54, 1.807) is 31.5 Å². The Labute approximate surface area is 433 Å². The fraction of sp³-hybridized carbons (Fsp3) is 0.311. The smallest absolute Gasteiger partial charge is 0.357 e. The number of ether oxygens (including phenoxy) is 11. The van der Waals surface area contributed by atoms with Crippen LogP contribution >= 0.6 is 0 Å². The van der Waals surface area contributed by atoms with Gasteiger partial charge in [-0.15, -0.1) is 0 Å². The normalized spacial score (nSPS) is 23.7. The molecule has 2 aliphatic rings. The maximum Gasteiger partial charge on any atom is 0.357 e. The highest BCUT2D eigenvalue weighted by Crippen LogP contribution is 2.35. The molecule has 0 unspecified atom stereocenters. The molecule has 0 amide bonds. The molecule has 0 N–H and O–H groups in total. The van der Waals surface area contributed by atoms with Crippen molar-refractivity contribution < 1.29 is 56.9 Å². The summed E-state index contributed by atoms with van der Waals surface area (Å²) < 4.78 is 74.1. The molecule has 6 aromatic carbocycles. The van der Waals surface area contributed by atoms with Crippen molar-refractivity contribution in [1.29, 1.82) is 0 Å². The first kappa shape index (κ1) is 52.4. The van der Waals surface area contributed by atoms with E-state index in [-0.39, 0.29) is 58.5 Å². The average Bonchev–Trinajstić information content (AvgIpc) is 3.47. The van der Waals surface area contributed by atoms with Crippen LogP contribution in [0.25, 0.3) is 0 Å². The Morgan fingerprint density at radius 2 is 0.703 bits per heavy atom. The van der Waals surface area contributed by atoms with Gasteiger partial charge in [0.15, 0.2) is 12.6 Å². The van der Waals surface area contributed by atoms with Gasteiger partial charge in [0, 0.05) is 13.3 Å². The zero-order valence-electron chi connectivity index (χ0n) is 41.4. The number of rotatable bonds is 25. The summed E-state index contributed by atoms with van der Waals surface area (Å²) >= 11 is 0. The molecule has 13 nitrogen and oxygen atoms in total. The Kier molecular flexibility index (Phi) is 19.6. The van der Waals surface area contributed by atoms with Gasteiger partial charge in [-0.05, 0) is 45.5 Å². The van der Waals surface area contributed by atoms with Crippen LogP contribution in [-0.4, -0.2) is 92.7 Å². The van der Waals surface area contributed by atoms with Gasteiger partial charge in [-0.2, -0.15) is 0 Å². The number of aromatic nitrogens is 1. The van der Waals surface area contributed by atoms with Crippen LogP contribution in [0.3, 0.4) is 0 Å². The molecule has 3 heterocycles. The highest BCUT2D eigenvalue weighted by atomic mass is 16.8. The Morgan fingerprint density at radius 1 is 0.378 bits per heavy atom. The molecule has 384 valence electrons. The number of nitrogens with zero attached hydrogens (tertiary/aromatic N) is 1. The number of hydrogen-bond donors (Lipinski definition) is 0. The van der Waals surface area contributed by atoms with E-state index in [0.29, 0.717) is 0 Å². The number of esters is 1. The lowest BCUT2D eigenvalue weighted by Gasteiger charge is -2.47. The van der Waals surface area contributed by atoms with Crippen LogP contribution in [0.1, 0.15) is 43.9 Å². The third-order valence-electron chi connectivity index (χ3n) is 12.8. The highest BCUT2D eigenvalue weighted by molar-refractivity contribution is 5.87. The number of carbonyl (C=O) groups excluding carboxylic acids is 1. The van der Waals surface area contributed by atoms with E-state index >= 15 is 0 Å². The van der Waals surface area contributed by atoms with Gasteiger partial charge in [0.2, 0.25) is 0 Å². The second-order valence-corrected chi connectivity index (χ2v) is 18.0. The maximum absolute atomic E-state index is 13.6. The average molecular weight is 1000 g/mol. The molecule has 0 saturated carbocycles. The minimum atomic E-state index is -1.13. The van der Waals surface area contributed by atoms with Gasteiger partial charge in [0.1, 0.15) is 61.1 Å². The van der Waals surface area contributed by atoms with Crippen molar-refractivity contribution in [3.63, 3.8) is 0 Å². The summed E-state index contributed by atoms with van der Waals surface area (Å²) in [4.78, 5) is 17.8. The van der Waals surface area contributed by atoms with Gasteiger partial charge >= 0.3 is 5.97 Å². The predicted octanol–water partition coefficient (Wildman–Crippen LogP) is 9.86. The van der Waals surface area contributed by atoms with E-state index in [0.717, 1.165) is 33.4 Å². The Balaban J connectivity index is 1.06. The lowest BCUT2D eigenvalue weighted by atomic mass is 9.96. The fourth-order valence-electron chi connectivity index (χ4n) is 8.99. The standard InChI is InChI=1S/C61H63NO12/c1-64-60-57(69-40-48-30-16-6-17-31-48)55(67-38-46-26-12-4-13-27-46)54(66-37-45-24-10-3-11-25-45)52(73-60)43-72-61-58(70-41-49-32-18-7-19-33-49)56(68-39-47-28-14-5-15-29-47)53(65-36-44-22-8-2-9-23-44)51(74-61)42-71-59(63)50-34-20-21-35-62-50/h2-35,51-58,60-61H,36-43H2,1H3/t51-,52-,53-,54-,55+,56+,57-,58-,60+,61-/m1/s1. The number of methoxy groups -OCH3 is 1. The summed E-state index contributed by atoms with van der Waals surface area (Å²) in [6.07, 6.45) is -7.01. The molecule has 2 saturated heterocycles. The van der Waals surface area contributed by atoms with Crippen LogP contribution in [0.5, 0.6) is 0 Å². The molecule has 74 heavy (non-hydrogen) atoms. The first-order valence-electron chi connectivity index (χ1n) is 25.0. The highest BCUT2D eigenvalue weighted by Gasteiger charge is 2.52. The molecule has 10 atom stereocenters. The van der Waals surface area contributed by atoms with Gasteiger partial charge in [-0.3, -0.25) is 0 Å². The minimum absolute atomic E-state index is 0.0901. The summed E-state index contributed by atoms with van der Waals surface area (Å²) in [5.41, 5.74) is 5.84. The number of pyridine rings is 1. The fourth-order valence-corrected chi connectivity index (χ4v) is 8.99. The molecular formula is C61H63NO12. The van der Waals surface area contributed by atoms with E-state index in [1.165, 1.54) is 0 Å². The molecule has 7 aromatic rings. The molecule has 0 radical (unpaired) electrons. The first-order valence-corrected chi connectivity index (χ1v) is 25.0. The second-order valence-electron chi connectivity index (χ2n) is 18.0. The van der Waals surface area contributed by atoms with Crippen LogP contribution < -0.4 is 0 Å². The molecule has 0 aliphatic carbocycles. The third kappa shape index (κ3) is 14.9. The summed E-state index contributed by atoms with van der Waals surface area (Å²) in [5, 5.41) is 0. The van der Waals surface area contributed by atoms with Crippen LogP contribution in [-0.2, 0) is 91.7 Å². The predicted molar refractivity (Wildman–Crippen MR) is 275 cm³/mol. The van der Waals surface area contributed by atoms with Gasteiger partial charge in [-0.25, -0.2) is 9.78 Å². The summed E-state index contributed by atoms with van der Waals surface area (Å²) in [6.45, 7) is 1.05. The van der Waals surface area contributed by atoms with E-state index in [9.17, 15) is 4.79 Å². The summed E-state index contributed by atoms with van der Waals surface area (Å²) in [5.74, 6) is -0.622. The van der Waals surface area contributed by atoms with Crippen molar-refractivity contribution in [3.8, 4) is 0 Å². The molecule has 1 aromatic heterocycles. The molecule has 9 rings (SSSR count). The number of benzene rings is 6. The number of hydrogen-bond acceptors (Lipinski definition) is 13. The van der Waals surface area contributed by atoms with Crippen molar-refractivity contribution in [3.05, 3.63) is 245 Å². The van der Waals surface area contributed by atoms with E-state index < -0.39 is 67.4 Å². The van der Waals surface area contributed by atoms with Crippen LogP contribution in [0, 0.1) is 0 Å². The van der Waals surface area contributed by atoms with Gasteiger partial charge in [0.25, 0.3) is 0 Å². The maximum atomic E-state index is 13.6. The van der Waals surface area contributed by atoms with Crippen LogP contribution in [0.15, 0.2) is 206 Å². The van der Waals surface area contributed by atoms with Crippen molar-refractivity contribution in [2.75, 3.05) is 20.3 Å². The minimum Gasteiger partial charge on any atom is -0.458 e. The Morgan fingerprint density at radius 3 is 1.07 bits per heavy atom. The van der Waals surface area contributed by atoms with Crippen molar-refractivity contribution >= 4 is 5.97 Å². The summed E-state index contributed by atoms with van der Waals surface area (Å²) in [6, 6.07) is 64.4. The lowest BCUT2D eigenvalue weighted by Crippen LogP contribution is -2.64. The van der Waals surface area contributed by atoms with Gasteiger partial charge in [0.05, 0.1) is 46.2 Å². The second kappa shape index (κ2) is 27.7. The Hall–Kier alpha value is -6.46. The molecule has 0 spiro atoms. The van der Waals surface area contributed by atoms with Crippen LogP contribution in [0.2, 0.25) is 0 Å². The van der Waals surface area contributed by atoms with Crippen molar-refractivity contribution in [2.45, 2.75) is 101 Å². The largest absolute Gasteiger partial charge is 0.458 e. The van der Waals surface area contributed by atoms with E-state index in [4.69, 9.17) is 52.1 Å². The lowest BCUT2D eigenvalue weighted by molar-refractivity contribution is -0.350. The third-order valence-corrected chi connectivity index (χ3v) is 12.8. The molecule has 2 aliphatic heterocycles. The quantitative estimate of drug-likeness (QED) is 0.0504. The molecule has 13 heteroatoms. The SMILES string of the molecule is CO[C@H]1O[C@H](CO[C@@H]2O[C@H](COC(=O)c3ccccn3)[C@@H](OCc3ccccc3)[C@H](OCc3ccccc3)[C@H]2OCc2ccccc2)[C@@H](OCc2ccccc2)[C@H](OCc2ccccc2)[C@H]1OCc1ccccc1. The zero-order valence-corrected chi connectivity index (χ0v) is 41.4. The van der Waals surface area contributed by atoms with Gasteiger partial charge < -0.3 is 52.1 Å². The van der Waals surface area contributed by atoms with Gasteiger partial charge in [-0.1, -0.05) is 188 Å². The zero-order chi connectivity index (χ0) is 50.6. The van der Waals surface area contributed by atoms with Crippen molar-refractivity contribution in [2.24, 2.45) is 0 Å². The molecule has 0 bridgehead atoms. The molecular weight excluding hydrogens is 939 g/mol. The van der Waals surface area contributed by atoms with Crippen LogP contribution in [0.4, 0.5) is 0 Å². The van der Waals surface area contributed by atoms with E-state index in [2.05, 4.69) is 4.98 Å².